The maximum atomic E-state index is 9.80. The summed E-state index contributed by atoms with van der Waals surface area (Å²) < 4.78 is 1.67. The number of anilines is 1. The largest absolute Gasteiger partial charge is 0.336 e. The molecular weight excluding hydrogens is 459 g/mol. The zero-order valence-electron chi connectivity index (χ0n) is 17.3. The summed E-state index contributed by atoms with van der Waals surface area (Å²) in [5.41, 5.74) is 5.10. The Morgan fingerprint density at radius 3 is 2.79 bits per heavy atom. The first-order valence-corrected chi connectivity index (χ1v) is 10.7. The van der Waals surface area contributed by atoms with Gasteiger partial charge in [0, 0.05) is 33.1 Å². The van der Waals surface area contributed by atoms with E-state index in [0.717, 1.165) is 17.0 Å². The number of nitriles is 1. The van der Waals surface area contributed by atoms with Crippen molar-refractivity contribution in [3.05, 3.63) is 82.4 Å². The summed E-state index contributed by atoms with van der Waals surface area (Å²) >= 11 is 12.3. The molecule has 10 heteroatoms. The molecular formula is C23H16Cl2N8. The first-order valence-electron chi connectivity index (χ1n) is 9.97. The molecule has 33 heavy (non-hydrogen) atoms. The molecule has 0 spiro atoms. The van der Waals surface area contributed by atoms with Crippen molar-refractivity contribution >= 4 is 34.8 Å². The van der Waals surface area contributed by atoms with Crippen molar-refractivity contribution < 1.29 is 0 Å². The third-order valence-electron chi connectivity index (χ3n) is 5.09. The van der Waals surface area contributed by atoms with Gasteiger partial charge < -0.3 is 10.3 Å². The lowest BCUT2D eigenvalue weighted by Gasteiger charge is -2.12. The summed E-state index contributed by atoms with van der Waals surface area (Å²) in [6.45, 7) is 1.93. The van der Waals surface area contributed by atoms with Crippen LogP contribution in [0.2, 0.25) is 10.0 Å². The molecule has 162 valence electrons. The molecule has 0 aliphatic heterocycles. The molecule has 4 aromatic heterocycles. The number of benzene rings is 1. The van der Waals surface area contributed by atoms with Crippen LogP contribution in [0.1, 0.15) is 17.3 Å². The highest BCUT2D eigenvalue weighted by molar-refractivity contribution is 6.35. The summed E-state index contributed by atoms with van der Waals surface area (Å²) in [5.74, 6) is 0.405. The number of fused-ring (bicyclic) bond motifs is 1. The SMILES string of the molecule is Cc1cccc(-c2[nH]c(NC(C#N)c3ccc(Cl)cc3Cl)nc2-c2ccn3ncnc3c2)n1. The van der Waals surface area contributed by atoms with Gasteiger partial charge in [0.25, 0.3) is 0 Å². The van der Waals surface area contributed by atoms with Gasteiger partial charge in [-0.25, -0.2) is 14.5 Å². The van der Waals surface area contributed by atoms with Crippen LogP contribution in [-0.2, 0) is 0 Å². The molecule has 1 atom stereocenters. The first kappa shape index (κ1) is 20.9. The van der Waals surface area contributed by atoms with E-state index in [1.807, 2.05) is 43.5 Å². The van der Waals surface area contributed by atoms with E-state index >= 15 is 0 Å². The van der Waals surface area contributed by atoms with Gasteiger partial charge >= 0.3 is 0 Å². The van der Waals surface area contributed by atoms with Gasteiger partial charge in [-0.05, 0) is 43.3 Å². The zero-order chi connectivity index (χ0) is 22.9. The molecule has 1 unspecified atom stereocenters. The Labute approximate surface area is 198 Å². The molecule has 0 amide bonds. The molecule has 0 saturated heterocycles. The number of hydrogen-bond donors (Lipinski definition) is 2. The number of imidazole rings is 1. The number of pyridine rings is 2. The van der Waals surface area contributed by atoms with E-state index in [-0.39, 0.29) is 0 Å². The maximum Gasteiger partial charge on any atom is 0.202 e. The molecule has 0 aliphatic carbocycles. The van der Waals surface area contributed by atoms with E-state index in [2.05, 4.69) is 31.4 Å². The van der Waals surface area contributed by atoms with Crippen LogP contribution in [0, 0.1) is 18.3 Å². The highest BCUT2D eigenvalue weighted by Gasteiger charge is 2.20. The fourth-order valence-electron chi connectivity index (χ4n) is 3.53. The monoisotopic (exact) mass is 474 g/mol. The minimum absolute atomic E-state index is 0.395. The normalized spacial score (nSPS) is 11.9. The van der Waals surface area contributed by atoms with Crippen molar-refractivity contribution in [3.8, 4) is 28.7 Å². The second-order valence-corrected chi connectivity index (χ2v) is 8.17. The highest BCUT2D eigenvalue weighted by Crippen LogP contribution is 2.33. The molecule has 5 rings (SSSR count). The minimum Gasteiger partial charge on any atom is -0.336 e. The highest BCUT2D eigenvalue weighted by atomic mass is 35.5. The lowest BCUT2D eigenvalue weighted by molar-refractivity contribution is 0.961. The Kier molecular flexibility index (Phi) is 5.42. The van der Waals surface area contributed by atoms with Gasteiger partial charge in [0.05, 0.1) is 17.5 Å². The third kappa shape index (κ3) is 4.12. The lowest BCUT2D eigenvalue weighted by Crippen LogP contribution is -2.10. The number of nitrogens with zero attached hydrogens (tertiary/aromatic N) is 6. The molecule has 8 nitrogen and oxygen atoms in total. The smallest absolute Gasteiger partial charge is 0.202 e. The van der Waals surface area contributed by atoms with Gasteiger partial charge in [-0.1, -0.05) is 35.3 Å². The predicted molar refractivity (Wildman–Crippen MR) is 127 cm³/mol. The van der Waals surface area contributed by atoms with Crippen molar-refractivity contribution in [1.82, 2.24) is 29.5 Å². The Morgan fingerprint density at radius 2 is 2.00 bits per heavy atom. The quantitative estimate of drug-likeness (QED) is 0.349. The first-order chi connectivity index (χ1) is 16.0. The van der Waals surface area contributed by atoms with Gasteiger partial charge in [-0.3, -0.25) is 4.98 Å². The number of H-pyrrole nitrogens is 1. The van der Waals surface area contributed by atoms with Crippen LogP contribution in [-0.4, -0.2) is 29.5 Å². The lowest BCUT2D eigenvalue weighted by atomic mass is 10.1. The van der Waals surface area contributed by atoms with E-state index in [9.17, 15) is 5.26 Å². The van der Waals surface area contributed by atoms with Crippen LogP contribution in [0.4, 0.5) is 5.95 Å². The van der Waals surface area contributed by atoms with Crippen molar-refractivity contribution in [2.24, 2.45) is 0 Å². The van der Waals surface area contributed by atoms with Crippen LogP contribution < -0.4 is 5.32 Å². The molecule has 1 aromatic carbocycles. The van der Waals surface area contributed by atoms with E-state index in [1.54, 1.807) is 22.7 Å². The Morgan fingerprint density at radius 1 is 1.12 bits per heavy atom. The van der Waals surface area contributed by atoms with Gasteiger partial charge in [0.15, 0.2) is 5.65 Å². The van der Waals surface area contributed by atoms with Crippen molar-refractivity contribution in [2.45, 2.75) is 13.0 Å². The molecule has 5 aromatic rings. The average molecular weight is 475 g/mol. The Hall–Kier alpha value is -3.93. The van der Waals surface area contributed by atoms with Crippen LogP contribution in [0.25, 0.3) is 28.3 Å². The Balaban J connectivity index is 1.60. The molecule has 0 saturated carbocycles. The van der Waals surface area contributed by atoms with Crippen molar-refractivity contribution in [1.29, 1.82) is 5.26 Å². The summed E-state index contributed by atoms with van der Waals surface area (Å²) in [6.07, 6.45) is 3.31. The maximum absolute atomic E-state index is 9.80. The van der Waals surface area contributed by atoms with E-state index < -0.39 is 6.04 Å². The van der Waals surface area contributed by atoms with Crippen molar-refractivity contribution in [2.75, 3.05) is 5.32 Å². The molecule has 0 bridgehead atoms. The molecule has 0 fully saturated rings. The van der Waals surface area contributed by atoms with Gasteiger partial charge in [-0.15, -0.1) is 0 Å². The number of nitrogens with one attached hydrogen (secondary N) is 2. The van der Waals surface area contributed by atoms with Gasteiger partial charge in [0.1, 0.15) is 18.1 Å². The van der Waals surface area contributed by atoms with Gasteiger partial charge in [-0.2, -0.15) is 10.4 Å². The van der Waals surface area contributed by atoms with Gasteiger partial charge in [0.2, 0.25) is 5.95 Å². The molecule has 2 N–H and O–H groups in total. The number of aryl methyl sites for hydroxylation is 1. The number of aromatic nitrogens is 6. The zero-order valence-corrected chi connectivity index (χ0v) is 18.8. The van der Waals surface area contributed by atoms with Crippen LogP contribution in [0.3, 0.4) is 0 Å². The number of halogens is 2. The van der Waals surface area contributed by atoms with Crippen LogP contribution >= 0.6 is 23.2 Å². The number of hydrogen-bond acceptors (Lipinski definition) is 6. The third-order valence-corrected chi connectivity index (χ3v) is 5.65. The fourth-order valence-corrected chi connectivity index (χ4v) is 4.05. The summed E-state index contributed by atoms with van der Waals surface area (Å²) in [6, 6.07) is 16.1. The summed E-state index contributed by atoms with van der Waals surface area (Å²) in [7, 11) is 0. The van der Waals surface area contributed by atoms with E-state index in [4.69, 9.17) is 28.2 Å². The van der Waals surface area contributed by atoms with E-state index in [0.29, 0.717) is 38.6 Å². The second-order valence-electron chi connectivity index (χ2n) is 7.32. The minimum atomic E-state index is -0.744. The Bertz CT molecular complexity index is 1510. The molecule has 0 radical (unpaired) electrons. The van der Waals surface area contributed by atoms with Crippen LogP contribution in [0.15, 0.2) is 61.1 Å². The second kappa shape index (κ2) is 8.54. The summed E-state index contributed by atoms with van der Waals surface area (Å²) in [5, 5.41) is 18.0. The summed E-state index contributed by atoms with van der Waals surface area (Å²) in [4.78, 5) is 16.9. The average Bonchev–Trinajstić information content (AvgIpc) is 3.44. The number of rotatable bonds is 5. The molecule has 4 heterocycles. The fraction of sp³-hybridized carbons (Fsp3) is 0.0870. The molecule has 0 aliphatic rings. The predicted octanol–water partition coefficient (Wildman–Crippen LogP) is 5.47. The van der Waals surface area contributed by atoms with Crippen molar-refractivity contribution in [3.63, 3.8) is 0 Å². The topological polar surface area (TPSA) is 108 Å². The number of aromatic amines is 1. The standard InChI is InChI=1S/C23H16Cl2N8/c1-13-3-2-4-18(29-13)22-21(14-7-8-33-20(9-14)27-12-28-33)31-23(32-22)30-19(11-26)16-6-5-15(24)10-17(16)25/h2-10,12,19H,1H3,(H2,30,31,32). The van der Waals surface area contributed by atoms with E-state index in [1.165, 1.54) is 6.33 Å². The van der Waals surface area contributed by atoms with Crippen LogP contribution in [0.5, 0.6) is 0 Å².